The molecule has 0 aliphatic carbocycles. The Balaban J connectivity index is 1.45. The number of hydrogen-bond donors (Lipinski definition) is 5. The molecule has 4 rings (SSSR count). The van der Waals surface area contributed by atoms with Crippen LogP contribution in [0.2, 0.25) is 0 Å². The summed E-state index contributed by atoms with van der Waals surface area (Å²) < 4.78 is 0. The van der Waals surface area contributed by atoms with Gasteiger partial charge in [0, 0.05) is 25.1 Å². The van der Waals surface area contributed by atoms with Gasteiger partial charge in [0.2, 0.25) is 11.8 Å². The molecule has 12 heteroatoms. The van der Waals surface area contributed by atoms with Gasteiger partial charge in [0.05, 0.1) is 22.2 Å². The molecule has 0 spiro atoms. The van der Waals surface area contributed by atoms with Crippen LogP contribution >= 0.6 is 11.3 Å². The fraction of sp³-hybridized carbons (Fsp3) is 0.379. The third-order valence-electron chi connectivity index (χ3n) is 7.13. The molecule has 1 aliphatic heterocycles. The van der Waals surface area contributed by atoms with Gasteiger partial charge in [-0.05, 0) is 41.1 Å². The van der Waals surface area contributed by atoms with Crippen molar-refractivity contribution in [3.63, 3.8) is 0 Å². The van der Waals surface area contributed by atoms with Gasteiger partial charge in [-0.25, -0.2) is 4.98 Å². The second-order valence-electron chi connectivity index (χ2n) is 11.3. The van der Waals surface area contributed by atoms with Crippen molar-refractivity contribution in [1.82, 2.24) is 20.5 Å². The zero-order chi connectivity index (χ0) is 29.9. The van der Waals surface area contributed by atoms with E-state index >= 15 is 0 Å². The van der Waals surface area contributed by atoms with E-state index in [-0.39, 0.29) is 36.4 Å². The number of aromatic nitrogens is 1. The maximum atomic E-state index is 13.8. The van der Waals surface area contributed by atoms with Crippen LogP contribution in [0.25, 0.3) is 10.4 Å². The number of nitrogens with one attached hydrogen (secondary N) is 2. The van der Waals surface area contributed by atoms with Gasteiger partial charge in [0.15, 0.2) is 0 Å². The van der Waals surface area contributed by atoms with Crippen molar-refractivity contribution in [3.05, 3.63) is 70.9 Å². The first-order chi connectivity index (χ1) is 19.3. The van der Waals surface area contributed by atoms with E-state index in [0.717, 1.165) is 21.7 Å². The van der Waals surface area contributed by atoms with Gasteiger partial charge >= 0.3 is 7.12 Å². The normalized spacial score (nSPS) is 17.7. The van der Waals surface area contributed by atoms with E-state index in [1.165, 1.54) is 29.2 Å². The fourth-order valence-electron chi connectivity index (χ4n) is 4.84. The monoisotopic (exact) mass is 578 g/mol. The van der Waals surface area contributed by atoms with Gasteiger partial charge in [-0.3, -0.25) is 14.4 Å². The van der Waals surface area contributed by atoms with E-state index in [1.54, 1.807) is 37.6 Å². The number of amides is 3. The first-order valence-electron chi connectivity index (χ1n) is 13.4. The topological polar surface area (TPSA) is 152 Å². The summed E-state index contributed by atoms with van der Waals surface area (Å²) in [5.74, 6) is -1.44. The first-order valence-corrected chi connectivity index (χ1v) is 14.3. The Labute approximate surface area is 243 Å². The van der Waals surface area contributed by atoms with E-state index in [1.807, 2.05) is 31.2 Å². The predicted octanol–water partition coefficient (Wildman–Crippen LogP) is 1.22. The minimum atomic E-state index is -1.74. The number of carbonyl (C=O) groups excluding carboxylic acids is 3. The van der Waals surface area contributed by atoms with Crippen LogP contribution < -0.4 is 16.1 Å². The highest BCUT2D eigenvalue weighted by Crippen LogP contribution is 2.28. The van der Waals surface area contributed by atoms with Crippen molar-refractivity contribution < 1.29 is 29.5 Å². The molecular formula is C29H35BN4O6S. The lowest BCUT2D eigenvalue weighted by Crippen LogP contribution is -2.57. The van der Waals surface area contributed by atoms with Crippen molar-refractivity contribution in [2.45, 2.75) is 58.8 Å². The van der Waals surface area contributed by atoms with Gasteiger partial charge in [-0.2, -0.15) is 0 Å². The average Bonchev–Trinajstić information content (AvgIpc) is 3.54. The molecule has 3 atom stereocenters. The van der Waals surface area contributed by atoms with Crippen LogP contribution in [-0.2, 0) is 16.1 Å². The highest BCUT2D eigenvalue weighted by atomic mass is 32.1. The van der Waals surface area contributed by atoms with Gasteiger partial charge in [-0.1, -0.05) is 57.2 Å². The lowest BCUT2D eigenvalue weighted by molar-refractivity contribution is -0.142. The number of aryl methyl sites for hydroxylation is 1. The summed E-state index contributed by atoms with van der Waals surface area (Å²) in [4.78, 5) is 46.8. The van der Waals surface area contributed by atoms with E-state index in [9.17, 15) is 29.5 Å². The van der Waals surface area contributed by atoms with Gasteiger partial charge in [0.1, 0.15) is 12.1 Å². The summed E-state index contributed by atoms with van der Waals surface area (Å²) >= 11 is 1.57. The van der Waals surface area contributed by atoms with Crippen molar-refractivity contribution in [1.29, 1.82) is 0 Å². The number of β-amino-alcohol motifs (C(OH)–C–C–N with tert-alkyl or cyclic N) is 1. The number of carbonyl (C=O) groups is 3. The lowest BCUT2D eigenvalue weighted by atomic mass is 9.79. The Morgan fingerprint density at radius 2 is 1.85 bits per heavy atom. The van der Waals surface area contributed by atoms with Crippen LogP contribution in [0.15, 0.2) is 54.0 Å². The van der Waals surface area contributed by atoms with Crippen molar-refractivity contribution in [2.24, 2.45) is 5.41 Å². The Morgan fingerprint density at radius 1 is 1.15 bits per heavy atom. The SMILES string of the molecule is Cc1ncsc1-c1ccc(CNC(=O)[C@@H]2C[C@@H](O)CN2C(=O)C(NC(=O)c2cccc(B(O)O)c2)C(C)(C)C)cc1. The maximum absolute atomic E-state index is 13.8. The summed E-state index contributed by atoms with van der Waals surface area (Å²) in [7, 11) is -1.74. The smallest absolute Gasteiger partial charge is 0.423 e. The van der Waals surface area contributed by atoms with Crippen LogP contribution in [-0.4, -0.2) is 74.6 Å². The van der Waals surface area contributed by atoms with Crippen LogP contribution in [0.5, 0.6) is 0 Å². The summed E-state index contributed by atoms with van der Waals surface area (Å²) in [5, 5.41) is 35.0. The Hall–Kier alpha value is -3.58. The average molecular weight is 579 g/mol. The number of aliphatic hydroxyl groups excluding tert-OH is 1. The molecule has 41 heavy (non-hydrogen) atoms. The molecule has 0 saturated carbocycles. The minimum absolute atomic E-state index is 0.0333. The molecule has 1 saturated heterocycles. The standard InChI is InChI=1S/C29H35BN4O6S/c1-17-24(41-16-32-17)19-10-8-18(9-11-19)14-31-27(37)23-13-22(35)15-34(23)28(38)25(29(2,3)4)33-26(36)20-6-5-7-21(12-20)30(39)40/h5-12,16,22-23,25,35,39-40H,13-15H2,1-4H3,(H,31,37)(H,33,36)/t22-,23+,25?/m1/s1. The first kappa shape index (κ1) is 30.4. The summed E-state index contributed by atoms with van der Waals surface area (Å²) in [6.07, 6.45) is -0.793. The number of nitrogens with zero attached hydrogens (tertiary/aromatic N) is 2. The number of aliphatic hydroxyl groups is 1. The molecule has 3 amide bonds. The Bertz CT molecular complexity index is 1400. The lowest BCUT2D eigenvalue weighted by Gasteiger charge is -2.35. The van der Waals surface area contributed by atoms with Crippen LogP contribution in [0, 0.1) is 12.3 Å². The number of thiazole rings is 1. The number of rotatable bonds is 8. The highest BCUT2D eigenvalue weighted by molar-refractivity contribution is 7.13. The quantitative estimate of drug-likeness (QED) is 0.252. The van der Waals surface area contributed by atoms with E-state index in [4.69, 9.17) is 0 Å². The second-order valence-corrected chi connectivity index (χ2v) is 12.2. The number of benzene rings is 2. The maximum Gasteiger partial charge on any atom is 0.488 e. The molecule has 0 bridgehead atoms. The van der Waals surface area contributed by atoms with Crippen LogP contribution in [0.3, 0.4) is 0 Å². The molecule has 1 aliphatic rings. The van der Waals surface area contributed by atoms with Crippen LogP contribution in [0.4, 0.5) is 0 Å². The summed E-state index contributed by atoms with van der Waals surface area (Å²) in [6, 6.07) is 11.7. The van der Waals surface area contributed by atoms with Gasteiger partial charge in [-0.15, -0.1) is 11.3 Å². The van der Waals surface area contributed by atoms with E-state index in [2.05, 4.69) is 15.6 Å². The zero-order valence-corrected chi connectivity index (χ0v) is 24.3. The predicted molar refractivity (Wildman–Crippen MR) is 157 cm³/mol. The number of hydrogen-bond acceptors (Lipinski definition) is 8. The molecule has 5 N–H and O–H groups in total. The van der Waals surface area contributed by atoms with Crippen LogP contribution in [0.1, 0.15) is 48.8 Å². The molecule has 216 valence electrons. The zero-order valence-electron chi connectivity index (χ0n) is 23.5. The van der Waals surface area contributed by atoms with E-state index in [0.29, 0.717) is 0 Å². The summed E-state index contributed by atoms with van der Waals surface area (Å²) in [5.41, 5.74) is 4.27. The number of likely N-dealkylation sites (tertiary alicyclic amines) is 1. The van der Waals surface area contributed by atoms with Gasteiger partial charge in [0.25, 0.3) is 5.91 Å². The fourth-order valence-corrected chi connectivity index (χ4v) is 5.65. The van der Waals surface area contributed by atoms with Crippen molar-refractivity contribution in [2.75, 3.05) is 6.54 Å². The molecule has 2 aromatic carbocycles. The molecule has 1 unspecified atom stereocenters. The van der Waals surface area contributed by atoms with Crippen molar-refractivity contribution >= 4 is 41.6 Å². The van der Waals surface area contributed by atoms with Crippen molar-refractivity contribution in [3.8, 4) is 10.4 Å². The van der Waals surface area contributed by atoms with Gasteiger partial charge < -0.3 is 30.7 Å². The third-order valence-corrected chi connectivity index (χ3v) is 8.11. The van der Waals surface area contributed by atoms with E-state index < -0.39 is 42.5 Å². The second kappa shape index (κ2) is 12.5. The molecule has 1 fully saturated rings. The Kier molecular flexibility index (Phi) is 9.28. The minimum Gasteiger partial charge on any atom is -0.423 e. The largest absolute Gasteiger partial charge is 0.488 e. The molecule has 1 aromatic heterocycles. The molecule has 3 aromatic rings. The third kappa shape index (κ3) is 7.20. The molecule has 10 nitrogen and oxygen atoms in total. The molecular weight excluding hydrogens is 543 g/mol. The summed E-state index contributed by atoms with van der Waals surface area (Å²) in [6.45, 7) is 7.56. The highest BCUT2D eigenvalue weighted by Gasteiger charge is 2.44. The Morgan fingerprint density at radius 3 is 2.46 bits per heavy atom. The molecule has 0 radical (unpaired) electrons. The molecule has 2 heterocycles.